The summed E-state index contributed by atoms with van der Waals surface area (Å²) in [6.45, 7) is 4.70. The molecule has 0 radical (unpaired) electrons. The lowest BCUT2D eigenvalue weighted by Gasteiger charge is -2.27. The zero-order chi connectivity index (χ0) is 14.2. The number of carbonyl (C=O) groups is 1. The van der Waals surface area contributed by atoms with Crippen LogP contribution in [0.25, 0.3) is 0 Å². The maximum absolute atomic E-state index is 12.5. The predicted octanol–water partition coefficient (Wildman–Crippen LogP) is 2.40. The van der Waals surface area contributed by atoms with E-state index >= 15 is 0 Å². The van der Waals surface area contributed by atoms with Crippen LogP contribution in [0.3, 0.4) is 0 Å². The molecular weight excluding hydrogens is 264 g/mol. The lowest BCUT2D eigenvalue weighted by Crippen LogP contribution is -2.42. The molecule has 0 spiro atoms. The molecule has 1 unspecified atom stereocenters. The third kappa shape index (κ3) is 2.81. The molecule has 1 aliphatic heterocycles. The van der Waals surface area contributed by atoms with Crippen LogP contribution >= 0.6 is 0 Å². The molecular formula is C16H24N2OSi. The third-order valence-corrected chi connectivity index (χ3v) is 7.26. The average Bonchev–Trinajstić information content (AvgIpc) is 2.80. The molecule has 108 valence electrons. The molecule has 1 aliphatic carbocycles. The van der Waals surface area contributed by atoms with Gasteiger partial charge in [0, 0.05) is 0 Å². The Labute approximate surface area is 122 Å². The molecule has 2 aliphatic rings. The van der Waals surface area contributed by atoms with Crippen molar-refractivity contribution in [2.75, 3.05) is 6.17 Å². The number of carbonyl (C=O) groups excluding carboxylic acids is 1. The number of benzene rings is 1. The van der Waals surface area contributed by atoms with Crippen LogP contribution in [0.2, 0.25) is 19.1 Å². The maximum Gasteiger partial charge on any atom is 0.237 e. The summed E-state index contributed by atoms with van der Waals surface area (Å²) in [4.78, 5) is 12.5. The van der Waals surface area contributed by atoms with E-state index in [0.29, 0.717) is 0 Å². The first-order chi connectivity index (χ1) is 9.55. The lowest BCUT2D eigenvalue weighted by atomic mass is 9.87. The first-order valence-corrected chi connectivity index (χ1v) is 11.1. The van der Waals surface area contributed by atoms with Crippen LogP contribution in [0.15, 0.2) is 24.3 Å². The van der Waals surface area contributed by atoms with E-state index in [4.69, 9.17) is 0 Å². The van der Waals surface area contributed by atoms with Gasteiger partial charge in [-0.15, -0.1) is 0 Å². The Morgan fingerprint density at radius 3 is 2.90 bits per heavy atom. The van der Waals surface area contributed by atoms with Crippen LogP contribution in [-0.4, -0.2) is 26.2 Å². The Hall–Kier alpha value is -1.13. The van der Waals surface area contributed by atoms with Gasteiger partial charge < -0.3 is 10.6 Å². The fourth-order valence-electron chi connectivity index (χ4n) is 3.46. The highest BCUT2D eigenvalue weighted by molar-refractivity contribution is 6.78. The summed E-state index contributed by atoms with van der Waals surface area (Å²) < 4.78 is 0. The summed E-state index contributed by atoms with van der Waals surface area (Å²) in [5.41, 5.74) is 2.72. The van der Waals surface area contributed by atoms with Gasteiger partial charge in [-0.2, -0.15) is 0 Å². The number of amides is 1. The van der Waals surface area contributed by atoms with E-state index in [1.807, 2.05) is 0 Å². The summed E-state index contributed by atoms with van der Waals surface area (Å²) in [5, 5.41) is 6.69. The van der Waals surface area contributed by atoms with E-state index in [-0.39, 0.29) is 18.0 Å². The van der Waals surface area contributed by atoms with Gasteiger partial charge in [-0.05, 0) is 42.6 Å². The van der Waals surface area contributed by atoms with E-state index < -0.39 is 8.07 Å². The molecule has 3 rings (SSSR count). The SMILES string of the molecule is C[Si]1(C)CN[C@H](C(=O)NC2CCCc3ccccc32)C1. The van der Waals surface area contributed by atoms with Gasteiger partial charge in [0.15, 0.2) is 0 Å². The second-order valence-corrected chi connectivity index (χ2v) is 12.0. The van der Waals surface area contributed by atoms with Crippen LogP contribution in [0.1, 0.15) is 30.0 Å². The molecule has 1 aromatic carbocycles. The number of hydrogen-bond acceptors (Lipinski definition) is 2. The molecule has 1 fully saturated rings. The highest BCUT2D eigenvalue weighted by atomic mass is 28.3. The number of rotatable bonds is 2. The second-order valence-electron chi connectivity index (χ2n) is 6.95. The Morgan fingerprint density at radius 1 is 1.35 bits per heavy atom. The molecule has 0 aromatic heterocycles. The zero-order valence-electron chi connectivity index (χ0n) is 12.4. The van der Waals surface area contributed by atoms with Crippen molar-refractivity contribution in [2.45, 2.75) is 50.5 Å². The molecule has 1 saturated heterocycles. The maximum atomic E-state index is 12.5. The van der Waals surface area contributed by atoms with Crippen LogP contribution in [0.4, 0.5) is 0 Å². The van der Waals surface area contributed by atoms with Crippen molar-refractivity contribution in [3.8, 4) is 0 Å². The minimum absolute atomic E-state index is 0.0331. The van der Waals surface area contributed by atoms with Gasteiger partial charge in [0.2, 0.25) is 5.91 Å². The molecule has 1 aromatic rings. The van der Waals surface area contributed by atoms with Gasteiger partial charge in [0.05, 0.1) is 20.2 Å². The van der Waals surface area contributed by atoms with E-state index in [1.165, 1.54) is 17.5 Å². The Morgan fingerprint density at radius 2 is 2.15 bits per heavy atom. The number of fused-ring (bicyclic) bond motifs is 1. The fraction of sp³-hybridized carbons (Fsp3) is 0.562. The van der Waals surface area contributed by atoms with Crippen LogP contribution in [0.5, 0.6) is 0 Å². The van der Waals surface area contributed by atoms with Gasteiger partial charge in [0.1, 0.15) is 0 Å². The Bertz CT molecular complexity index is 515. The van der Waals surface area contributed by atoms with E-state index in [9.17, 15) is 4.79 Å². The van der Waals surface area contributed by atoms with Crippen molar-refractivity contribution in [1.29, 1.82) is 0 Å². The molecule has 3 nitrogen and oxygen atoms in total. The lowest BCUT2D eigenvalue weighted by molar-refractivity contribution is -0.123. The smallest absolute Gasteiger partial charge is 0.237 e. The number of nitrogens with one attached hydrogen (secondary N) is 2. The molecule has 1 heterocycles. The van der Waals surface area contributed by atoms with Gasteiger partial charge >= 0.3 is 0 Å². The molecule has 2 N–H and O–H groups in total. The fourth-order valence-corrected chi connectivity index (χ4v) is 5.84. The summed E-state index contributed by atoms with van der Waals surface area (Å²) in [6, 6.07) is 9.83. The van der Waals surface area contributed by atoms with Crippen LogP contribution in [0, 0.1) is 0 Å². The van der Waals surface area contributed by atoms with Gasteiger partial charge in [-0.25, -0.2) is 0 Å². The molecule has 2 atom stereocenters. The van der Waals surface area contributed by atoms with Crippen molar-refractivity contribution in [3.05, 3.63) is 35.4 Å². The van der Waals surface area contributed by atoms with Crippen molar-refractivity contribution in [3.63, 3.8) is 0 Å². The van der Waals surface area contributed by atoms with Gasteiger partial charge in [-0.3, -0.25) is 4.79 Å². The molecule has 0 bridgehead atoms. The molecule has 4 heteroatoms. The molecule has 1 amide bonds. The summed E-state index contributed by atoms with van der Waals surface area (Å²) in [5.74, 6) is 0.199. The van der Waals surface area contributed by atoms with E-state index in [1.54, 1.807) is 0 Å². The van der Waals surface area contributed by atoms with Gasteiger partial charge in [0.25, 0.3) is 0 Å². The van der Waals surface area contributed by atoms with E-state index in [2.05, 4.69) is 48.0 Å². The van der Waals surface area contributed by atoms with Crippen molar-refractivity contribution in [2.24, 2.45) is 0 Å². The molecule has 0 saturated carbocycles. The average molecular weight is 288 g/mol. The van der Waals surface area contributed by atoms with Crippen LogP contribution in [-0.2, 0) is 11.2 Å². The monoisotopic (exact) mass is 288 g/mol. The Balaban J connectivity index is 1.69. The number of aryl methyl sites for hydroxylation is 1. The Kier molecular flexibility index (Phi) is 3.69. The minimum atomic E-state index is -1.18. The highest BCUT2D eigenvalue weighted by Crippen LogP contribution is 2.30. The minimum Gasteiger partial charge on any atom is -0.348 e. The summed E-state index contributed by atoms with van der Waals surface area (Å²) in [6.07, 6.45) is 4.44. The zero-order valence-corrected chi connectivity index (χ0v) is 13.4. The standard InChI is InChI=1S/C16H24N2OSi/c1-20(2)10-15(17-11-20)16(19)18-14-9-5-7-12-6-3-4-8-13(12)14/h3-4,6,8,14-15,17H,5,7,9-11H2,1-2H3,(H,18,19)/t14?,15-/m0/s1. The molecule has 20 heavy (non-hydrogen) atoms. The highest BCUT2D eigenvalue weighted by Gasteiger charge is 2.37. The normalized spacial score (nSPS) is 27.9. The summed E-state index contributed by atoms with van der Waals surface area (Å²) >= 11 is 0. The van der Waals surface area contributed by atoms with Crippen molar-refractivity contribution < 1.29 is 4.79 Å². The first-order valence-electron chi connectivity index (χ1n) is 7.67. The van der Waals surface area contributed by atoms with Crippen molar-refractivity contribution in [1.82, 2.24) is 10.6 Å². The predicted molar refractivity (Wildman–Crippen MR) is 84.3 cm³/mol. The summed E-state index contributed by atoms with van der Waals surface area (Å²) in [7, 11) is -1.18. The number of hydrogen-bond donors (Lipinski definition) is 2. The first kappa shape index (κ1) is 13.8. The largest absolute Gasteiger partial charge is 0.348 e. The van der Waals surface area contributed by atoms with Crippen LogP contribution < -0.4 is 10.6 Å². The quantitative estimate of drug-likeness (QED) is 0.821. The second kappa shape index (κ2) is 5.33. The van der Waals surface area contributed by atoms with Gasteiger partial charge in [-0.1, -0.05) is 37.4 Å². The topological polar surface area (TPSA) is 41.1 Å². The van der Waals surface area contributed by atoms with Crippen molar-refractivity contribution >= 4 is 14.0 Å². The third-order valence-electron chi connectivity index (χ3n) is 4.59. The van der Waals surface area contributed by atoms with E-state index in [0.717, 1.165) is 25.1 Å².